The highest BCUT2D eigenvalue weighted by atomic mass is 16.7. The van der Waals surface area contributed by atoms with Gasteiger partial charge in [-0.25, -0.2) is 0 Å². The normalized spacial score (nSPS) is 15.1. The number of nitrogens with one attached hydrogen (secondary N) is 1. The number of carbonyl (C=O) groups excluding carboxylic acids is 2. The number of nitrogens with zero attached hydrogens (tertiary/aromatic N) is 1. The van der Waals surface area contributed by atoms with E-state index in [1.807, 2.05) is 54.6 Å². The van der Waals surface area contributed by atoms with Gasteiger partial charge in [-0.1, -0.05) is 38.1 Å². The van der Waals surface area contributed by atoms with Gasteiger partial charge in [-0.05, 0) is 77.4 Å². The minimum Gasteiger partial charge on any atom is -0.454 e. The Hall–Kier alpha value is -3.80. The Balaban J connectivity index is 0.00000304. The van der Waals surface area contributed by atoms with Gasteiger partial charge in [0.15, 0.2) is 11.5 Å². The number of benzene rings is 3. The molecule has 1 N–H and O–H groups in total. The summed E-state index contributed by atoms with van der Waals surface area (Å²) in [5, 5.41) is 3.16. The first-order chi connectivity index (χ1) is 16.8. The van der Waals surface area contributed by atoms with Gasteiger partial charge in [0.2, 0.25) is 12.7 Å². The van der Waals surface area contributed by atoms with Gasteiger partial charge in [0.1, 0.15) is 0 Å². The Morgan fingerprint density at radius 2 is 1.66 bits per heavy atom. The van der Waals surface area contributed by atoms with Crippen LogP contribution in [-0.2, 0) is 10.2 Å². The maximum Gasteiger partial charge on any atom is 0.253 e. The van der Waals surface area contributed by atoms with Crippen molar-refractivity contribution in [2.75, 3.05) is 26.2 Å². The van der Waals surface area contributed by atoms with Crippen LogP contribution in [-0.4, -0.2) is 37.6 Å². The lowest BCUT2D eigenvalue weighted by Gasteiger charge is -2.19. The van der Waals surface area contributed by atoms with E-state index >= 15 is 0 Å². The molecule has 2 aliphatic rings. The second-order valence-electron chi connectivity index (χ2n) is 9.84. The number of anilines is 1. The third-order valence-electron chi connectivity index (χ3n) is 6.89. The molecule has 0 aromatic heterocycles. The molecule has 6 heteroatoms. The molecule has 1 heterocycles. The minimum absolute atomic E-state index is 0. The van der Waals surface area contributed by atoms with Crippen LogP contribution in [0.15, 0.2) is 60.7 Å². The lowest BCUT2D eigenvalue weighted by Crippen LogP contribution is -2.27. The van der Waals surface area contributed by atoms with Gasteiger partial charge in [0, 0.05) is 26.8 Å². The average molecular weight is 473 g/mol. The summed E-state index contributed by atoms with van der Waals surface area (Å²) in [6, 6.07) is 19.5. The predicted molar refractivity (Wildman–Crippen MR) is 138 cm³/mol. The number of fused-ring (bicyclic) bond motifs is 1. The average Bonchev–Trinajstić information content (AvgIpc) is 3.54. The second kappa shape index (κ2) is 8.77. The van der Waals surface area contributed by atoms with Crippen LogP contribution in [0.1, 0.15) is 55.5 Å². The lowest BCUT2D eigenvalue weighted by atomic mass is 9.91. The maximum absolute atomic E-state index is 13.4. The van der Waals surface area contributed by atoms with Crippen molar-refractivity contribution in [3.8, 4) is 22.6 Å². The molecule has 0 atom stereocenters. The molecular formula is C29H32N2O4. The van der Waals surface area contributed by atoms with Gasteiger partial charge in [0.25, 0.3) is 5.91 Å². The van der Waals surface area contributed by atoms with Crippen LogP contribution in [0.5, 0.6) is 11.5 Å². The summed E-state index contributed by atoms with van der Waals surface area (Å²) in [5.74, 6) is 1.69. The van der Waals surface area contributed by atoms with Crippen molar-refractivity contribution >= 4 is 17.5 Å². The van der Waals surface area contributed by atoms with Crippen LogP contribution in [0, 0.1) is 0 Å². The van der Waals surface area contributed by atoms with E-state index in [0.717, 1.165) is 41.0 Å². The fourth-order valence-corrected chi connectivity index (χ4v) is 4.65. The summed E-state index contributed by atoms with van der Waals surface area (Å²) in [7, 11) is 3.49. The first-order valence-electron chi connectivity index (χ1n) is 12.0. The molecule has 0 saturated heterocycles. The molecule has 0 unspecified atom stereocenters. The molecule has 6 nitrogen and oxygen atoms in total. The van der Waals surface area contributed by atoms with Crippen molar-refractivity contribution in [3.63, 3.8) is 0 Å². The highest BCUT2D eigenvalue weighted by molar-refractivity contribution is 6.02. The van der Waals surface area contributed by atoms with Gasteiger partial charge < -0.3 is 19.7 Å². The Labute approximate surface area is 207 Å². The van der Waals surface area contributed by atoms with E-state index in [1.165, 1.54) is 5.56 Å². The van der Waals surface area contributed by atoms with Crippen molar-refractivity contribution in [1.82, 2.24) is 4.90 Å². The Morgan fingerprint density at radius 3 is 2.31 bits per heavy atom. The van der Waals surface area contributed by atoms with E-state index in [-0.39, 0.29) is 20.0 Å². The third-order valence-corrected chi connectivity index (χ3v) is 6.89. The molecule has 0 radical (unpaired) electrons. The fourth-order valence-electron chi connectivity index (χ4n) is 4.65. The van der Waals surface area contributed by atoms with E-state index in [1.54, 1.807) is 19.0 Å². The van der Waals surface area contributed by atoms with Crippen molar-refractivity contribution in [2.24, 2.45) is 0 Å². The molecule has 0 bridgehead atoms. The monoisotopic (exact) mass is 472 g/mol. The van der Waals surface area contributed by atoms with Crippen LogP contribution >= 0.6 is 0 Å². The van der Waals surface area contributed by atoms with E-state index in [9.17, 15) is 9.59 Å². The minimum atomic E-state index is -0.536. The standard InChI is InChI=1S/C29H30N2O4.H2/c1-18(2)23-11-10-22(16-24(23)19-5-7-20(8-6-19)27(32)31(3)4)30-28(33)29(13-14-29)21-9-12-25-26(15-21)35-17-34-25;/h5-12,15-16,18H,13-14,17H2,1-4H3,(H,30,33);1H. The van der Waals surface area contributed by atoms with Gasteiger partial charge in [-0.3, -0.25) is 9.59 Å². The van der Waals surface area contributed by atoms with Crippen molar-refractivity contribution in [2.45, 2.75) is 38.0 Å². The number of amides is 2. The summed E-state index contributed by atoms with van der Waals surface area (Å²) >= 11 is 0. The molecule has 2 amide bonds. The molecule has 5 rings (SSSR count). The predicted octanol–water partition coefficient (Wildman–Crippen LogP) is 5.82. The Bertz CT molecular complexity index is 1300. The number of hydrogen-bond donors (Lipinski definition) is 1. The number of hydrogen-bond acceptors (Lipinski definition) is 4. The van der Waals surface area contributed by atoms with E-state index in [0.29, 0.717) is 17.2 Å². The van der Waals surface area contributed by atoms with Crippen molar-refractivity contribution in [1.29, 1.82) is 0 Å². The molecule has 182 valence electrons. The van der Waals surface area contributed by atoms with Crippen molar-refractivity contribution in [3.05, 3.63) is 77.4 Å². The zero-order chi connectivity index (χ0) is 24.7. The maximum atomic E-state index is 13.4. The summed E-state index contributed by atoms with van der Waals surface area (Å²) in [6.07, 6.45) is 1.60. The van der Waals surface area contributed by atoms with Crippen molar-refractivity contribution < 1.29 is 20.5 Å². The smallest absolute Gasteiger partial charge is 0.253 e. The molecule has 1 saturated carbocycles. The molecule has 35 heavy (non-hydrogen) atoms. The highest BCUT2D eigenvalue weighted by Gasteiger charge is 2.51. The van der Waals surface area contributed by atoms with Gasteiger partial charge in [0.05, 0.1) is 5.41 Å². The number of rotatable bonds is 6. The molecule has 1 aliphatic heterocycles. The number of ether oxygens (including phenoxy) is 2. The zero-order valence-electron chi connectivity index (χ0n) is 20.6. The second-order valence-corrected chi connectivity index (χ2v) is 9.84. The highest BCUT2D eigenvalue weighted by Crippen LogP contribution is 2.51. The molecule has 0 spiro atoms. The van der Waals surface area contributed by atoms with Gasteiger partial charge >= 0.3 is 0 Å². The zero-order valence-corrected chi connectivity index (χ0v) is 20.6. The molecule has 1 fully saturated rings. The fraction of sp³-hybridized carbons (Fsp3) is 0.310. The largest absolute Gasteiger partial charge is 0.454 e. The topological polar surface area (TPSA) is 67.9 Å². The molecule has 1 aliphatic carbocycles. The number of carbonyl (C=O) groups is 2. The molecule has 3 aromatic rings. The summed E-state index contributed by atoms with van der Waals surface area (Å²) in [4.78, 5) is 27.3. The molecular weight excluding hydrogens is 440 g/mol. The lowest BCUT2D eigenvalue weighted by molar-refractivity contribution is -0.118. The first kappa shape index (κ1) is 23.0. The van der Waals surface area contributed by atoms with Gasteiger partial charge in [-0.2, -0.15) is 0 Å². The van der Waals surface area contributed by atoms with E-state index in [4.69, 9.17) is 9.47 Å². The van der Waals surface area contributed by atoms with Crippen LogP contribution in [0.25, 0.3) is 11.1 Å². The van der Waals surface area contributed by atoms with E-state index < -0.39 is 5.41 Å². The van der Waals surface area contributed by atoms with Gasteiger partial charge in [-0.15, -0.1) is 0 Å². The van der Waals surface area contributed by atoms with Crippen LogP contribution in [0.3, 0.4) is 0 Å². The molecule has 3 aromatic carbocycles. The summed E-state index contributed by atoms with van der Waals surface area (Å²) in [6.45, 7) is 4.52. The third kappa shape index (κ3) is 4.25. The van der Waals surface area contributed by atoms with Crippen LogP contribution in [0.4, 0.5) is 5.69 Å². The van der Waals surface area contributed by atoms with Crippen LogP contribution in [0.2, 0.25) is 0 Å². The quantitative estimate of drug-likeness (QED) is 0.491. The summed E-state index contributed by atoms with van der Waals surface area (Å²) in [5.41, 5.74) is 5.08. The van der Waals surface area contributed by atoms with Crippen LogP contribution < -0.4 is 14.8 Å². The first-order valence-corrected chi connectivity index (χ1v) is 12.0. The Kier molecular flexibility index (Phi) is 5.75. The Morgan fingerprint density at radius 1 is 0.943 bits per heavy atom. The SMILES string of the molecule is CC(C)c1ccc(NC(=O)C2(c3ccc4c(c3)OCO4)CC2)cc1-c1ccc(C(=O)N(C)C)cc1.[HH]. The van der Waals surface area contributed by atoms with E-state index in [2.05, 4.69) is 25.2 Å². The summed E-state index contributed by atoms with van der Waals surface area (Å²) < 4.78 is 10.9.